The van der Waals surface area contributed by atoms with E-state index >= 15 is 0 Å². The number of carbonyl (C=O) groups excluding carboxylic acids is 1. The molecule has 2 aromatic carbocycles. The Morgan fingerprint density at radius 2 is 1.93 bits per heavy atom. The molecule has 0 bridgehead atoms. The van der Waals surface area contributed by atoms with Gasteiger partial charge in [-0.15, -0.1) is 0 Å². The second kappa shape index (κ2) is 8.88. The van der Waals surface area contributed by atoms with E-state index in [1.54, 1.807) is 61.7 Å². The lowest BCUT2D eigenvalue weighted by molar-refractivity contribution is 0.0977. The number of rotatable bonds is 5. The van der Waals surface area contributed by atoms with Gasteiger partial charge in [-0.3, -0.25) is 10.1 Å². The lowest BCUT2D eigenvalue weighted by Gasteiger charge is -2.12. The fourth-order valence-electron chi connectivity index (χ4n) is 2.52. The molecule has 0 aliphatic carbocycles. The minimum atomic E-state index is -0.343. The van der Waals surface area contributed by atoms with Gasteiger partial charge in [-0.2, -0.15) is 0 Å². The Morgan fingerprint density at radius 1 is 1.18 bits per heavy atom. The monoisotopic (exact) mass is 416 g/mol. The highest BCUT2D eigenvalue weighted by molar-refractivity contribution is 7.80. The zero-order valence-electron chi connectivity index (χ0n) is 14.9. The first-order valence-electron chi connectivity index (χ1n) is 8.26. The number of carbonyl (C=O) groups is 1. The second-order valence-electron chi connectivity index (χ2n) is 5.75. The van der Waals surface area contributed by atoms with Crippen LogP contribution in [0.15, 0.2) is 59.0 Å². The maximum absolute atomic E-state index is 12.2. The Labute approximate surface area is 172 Å². The highest BCUT2D eigenvalue weighted by atomic mass is 35.5. The molecule has 0 radical (unpaired) electrons. The van der Waals surface area contributed by atoms with Gasteiger partial charge in [0, 0.05) is 22.3 Å². The molecule has 1 amide bonds. The molecule has 144 valence electrons. The SMILES string of the molecule is COc1cc(NC(=S)NC(=O)c2ccc(Cl)cc2)ccc1-c1ccc(CO)o1. The normalized spacial score (nSPS) is 10.4. The van der Waals surface area contributed by atoms with Crippen LogP contribution in [0.3, 0.4) is 0 Å². The fourth-order valence-corrected chi connectivity index (χ4v) is 2.86. The molecule has 1 heterocycles. The Balaban J connectivity index is 1.70. The topological polar surface area (TPSA) is 83.7 Å². The molecule has 1 aromatic heterocycles. The maximum Gasteiger partial charge on any atom is 0.257 e. The number of nitrogens with one attached hydrogen (secondary N) is 2. The van der Waals surface area contributed by atoms with Crippen molar-refractivity contribution in [2.24, 2.45) is 0 Å². The third-order valence-electron chi connectivity index (χ3n) is 3.88. The van der Waals surface area contributed by atoms with Crippen molar-refractivity contribution in [3.05, 3.63) is 70.9 Å². The number of hydrogen-bond donors (Lipinski definition) is 3. The van der Waals surface area contributed by atoms with Crippen molar-refractivity contribution in [3.63, 3.8) is 0 Å². The average Bonchev–Trinajstić information content (AvgIpc) is 3.17. The number of amides is 1. The summed E-state index contributed by atoms with van der Waals surface area (Å²) >= 11 is 11.0. The van der Waals surface area contributed by atoms with Crippen LogP contribution in [-0.2, 0) is 6.61 Å². The van der Waals surface area contributed by atoms with Crippen molar-refractivity contribution in [2.45, 2.75) is 6.61 Å². The molecule has 3 aromatic rings. The second-order valence-corrected chi connectivity index (χ2v) is 6.60. The van der Waals surface area contributed by atoms with Crippen LogP contribution < -0.4 is 15.4 Å². The summed E-state index contributed by atoms with van der Waals surface area (Å²) in [6, 6.07) is 15.3. The van der Waals surface area contributed by atoms with E-state index in [-0.39, 0.29) is 17.6 Å². The number of hydrogen-bond acceptors (Lipinski definition) is 5. The van der Waals surface area contributed by atoms with Crippen LogP contribution in [0.4, 0.5) is 5.69 Å². The molecule has 28 heavy (non-hydrogen) atoms. The third kappa shape index (κ3) is 4.69. The summed E-state index contributed by atoms with van der Waals surface area (Å²) in [6.07, 6.45) is 0. The van der Waals surface area contributed by atoms with Crippen LogP contribution in [0.25, 0.3) is 11.3 Å². The number of halogens is 1. The lowest BCUT2D eigenvalue weighted by atomic mass is 10.1. The number of aliphatic hydroxyl groups is 1. The predicted molar refractivity (Wildman–Crippen MR) is 112 cm³/mol. The Hall–Kier alpha value is -2.87. The molecular weight excluding hydrogens is 400 g/mol. The number of anilines is 1. The van der Waals surface area contributed by atoms with Crippen LogP contribution in [0.5, 0.6) is 5.75 Å². The molecule has 0 fully saturated rings. The number of thiocarbonyl (C=S) groups is 1. The summed E-state index contributed by atoms with van der Waals surface area (Å²) in [7, 11) is 1.54. The molecule has 6 nitrogen and oxygen atoms in total. The van der Waals surface area contributed by atoms with Crippen LogP contribution >= 0.6 is 23.8 Å². The Morgan fingerprint density at radius 3 is 2.57 bits per heavy atom. The first kappa shape index (κ1) is 19.9. The van der Waals surface area contributed by atoms with Crippen molar-refractivity contribution >= 4 is 40.5 Å². The summed E-state index contributed by atoms with van der Waals surface area (Å²) in [5.41, 5.74) is 1.80. The zero-order chi connectivity index (χ0) is 20.1. The van der Waals surface area contributed by atoms with Gasteiger partial charge in [0.05, 0.1) is 12.7 Å². The van der Waals surface area contributed by atoms with Gasteiger partial charge in [-0.05, 0) is 60.7 Å². The highest BCUT2D eigenvalue weighted by Gasteiger charge is 2.13. The number of furan rings is 1. The maximum atomic E-state index is 12.2. The van der Waals surface area contributed by atoms with Crippen LogP contribution in [0.2, 0.25) is 5.02 Å². The molecule has 0 spiro atoms. The smallest absolute Gasteiger partial charge is 0.257 e. The number of benzene rings is 2. The Kier molecular flexibility index (Phi) is 6.30. The highest BCUT2D eigenvalue weighted by Crippen LogP contribution is 2.33. The molecule has 3 N–H and O–H groups in total. The molecule has 3 rings (SSSR count). The molecule has 0 atom stereocenters. The van der Waals surface area contributed by atoms with Crippen molar-refractivity contribution in [3.8, 4) is 17.1 Å². The molecule has 8 heteroatoms. The molecule has 0 aliphatic rings. The van der Waals surface area contributed by atoms with Gasteiger partial charge in [0.15, 0.2) is 5.11 Å². The summed E-state index contributed by atoms with van der Waals surface area (Å²) in [4.78, 5) is 12.2. The van der Waals surface area contributed by atoms with Crippen LogP contribution in [-0.4, -0.2) is 23.2 Å². The van der Waals surface area contributed by atoms with E-state index in [1.807, 2.05) is 0 Å². The van der Waals surface area contributed by atoms with E-state index in [2.05, 4.69) is 10.6 Å². The fraction of sp³-hybridized carbons (Fsp3) is 0.100. The minimum absolute atomic E-state index is 0.148. The third-order valence-corrected chi connectivity index (χ3v) is 4.33. The predicted octanol–water partition coefficient (Wildman–Crippen LogP) is 4.23. The minimum Gasteiger partial charge on any atom is -0.496 e. The van der Waals surface area contributed by atoms with E-state index in [0.29, 0.717) is 33.5 Å². The van der Waals surface area contributed by atoms with E-state index in [9.17, 15) is 4.79 Å². The van der Waals surface area contributed by atoms with Crippen molar-refractivity contribution in [1.82, 2.24) is 5.32 Å². The number of methoxy groups -OCH3 is 1. The van der Waals surface area contributed by atoms with Crippen molar-refractivity contribution in [1.29, 1.82) is 0 Å². The summed E-state index contributed by atoms with van der Waals surface area (Å²) in [6.45, 7) is -0.177. The van der Waals surface area contributed by atoms with E-state index < -0.39 is 0 Å². The summed E-state index contributed by atoms with van der Waals surface area (Å²) < 4.78 is 11.0. The quantitative estimate of drug-likeness (QED) is 0.540. The largest absolute Gasteiger partial charge is 0.496 e. The van der Waals surface area contributed by atoms with E-state index in [0.717, 1.165) is 5.56 Å². The van der Waals surface area contributed by atoms with Crippen LogP contribution in [0, 0.1) is 0 Å². The molecule has 0 aliphatic heterocycles. The van der Waals surface area contributed by atoms with E-state index in [4.69, 9.17) is 38.1 Å². The van der Waals surface area contributed by atoms with Crippen molar-refractivity contribution in [2.75, 3.05) is 12.4 Å². The van der Waals surface area contributed by atoms with Gasteiger partial charge in [0.25, 0.3) is 5.91 Å². The van der Waals surface area contributed by atoms with Crippen molar-refractivity contribution < 1.29 is 19.1 Å². The first-order chi connectivity index (χ1) is 13.5. The number of aliphatic hydroxyl groups excluding tert-OH is 1. The standard InChI is InChI=1S/C20H17ClN2O4S/c1-26-18-10-14(6-8-16(18)17-9-7-15(11-24)27-17)22-20(28)23-19(25)12-2-4-13(21)5-3-12/h2-10,24H,11H2,1H3,(H2,22,23,25,28). The molecular formula is C20H17ClN2O4S. The summed E-state index contributed by atoms with van der Waals surface area (Å²) in [5.74, 6) is 1.25. The van der Waals surface area contributed by atoms with Gasteiger partial charge in [0.2, 0.25) is 0 Å². The molecule has 0 unspecified atom stereocenters. The molecule has 0 saturated heterocycles. The van der Waals surface area contributed by atoms with Gasteiger partial charge < -0.3 is 19.6 Å². The van der Waals surface area contributed by atoms with E-state index in [1.165, 1.54) is 0 Å². The molecule has 0 saturated carbocycles. The van der Waals surface area contributed by atoms with Gasteiger partial charge >= 0.3 is 0 Å². The first-order valence-corrected chi connectivity index (χ1v) is 9.04. The van der Waals surface area contributed by atoms with Crippen LogP contribution in [0.1, 0.15) is 16.1 Å². The number of ether oxygens (including phenoxy) is 1. The van der Waals surface area contributed by atoms with Gasteiger partial charge in [0.1, 0.15) is 23.9 Å². The zero-order valence-corrected chi connectivity index (χ0v) is 16.4. The lowest BCUT2D eigenvalue weighted by Crippen LogP contribution is -2.34. The van der Waals surface area contributed by atoms with Gasteiger partial charge in [-0.25, -0.2) is 0 Å². The summed E-state index contributed by atoms with van der Waals surface area (Å²) in [5, 5.41) is 15.4. The van der Waals surface area contributed by atoms with Gasteiger partial charge in [-0.1, -0.05) is 11.6 Å². The Bertz CT molecular complexity index is 1000. The average molecular weight is 417 g/mol.